The third-order valence-electron chi connectivity index (χ3n) is 5.85. The van der Waals surface area contributed by atoms with Crippen LogP contribution in [-0.4, -0.2) is 27.9 Å². The average molecular weight is 449 g/mol. The van der Waals surface area contributed by atoms with Gasteiger partial charge in [-0.2, -0.15) is 0 Å². The standard InChI is InChI=1S/C26H28N2O5/c1-3-26(18-31-16-20-10-6-4-7-11-20)22(32-17-21-12-8-5-9-13-21)14-23(33-26)28-15-19(2)24(29)27-25(28)30/h3-13,15,22-23H,1,14,16-18H2,2H3,(H,27,29,30)/t22-,23+,26+/m0/s1. The molecule has 0 bridgehead atoms. The minimum absolute atomic E-state index is 0.207. The maximum Gasteiger partial charge on any atom is 0.330 e. The number of aryl methyl sites for hydroxylation is 1. The topological polar surface area (TPSA) is 82.5 Å². The van der Waals surface area contributed by atoms with Crippen molar-refractivity contribution in [3.63, 3.8) is 0 Å². The summed E-state index contributed by atoms with van der Waals surface area (Å²) in [6.07, 6.45) is 2.57. The highest BCUT2D eigenvalue weighted by atomic mass is 16.6. The van der Waals surface area contributed by atoms with Crippen LogP contribution in [0.1, 0.15) is 29.3 Å². The van der Waals surface area contributed by atoms with Crippen molar-refractivity contribution >= 4 is 0 Å². The quantitative estimate of drug-likeness (QED) is 0.507. The van der Waals surface area contributed by atoms with Gasteiger partial charge in [0.2, 0.25) is 0 Å². The third kappa shape index (κ3) is 5.22. The molecule has 2 aromatic carbocycles. The zero-order valence-electron chi connectivity index (χ0n) is 18.6. The van der Waals surface area contributed by atoms with Crippen molar-refractivity contribution in [3.05, 3.63) is 117 Å². The van der Waals surface area contributed by atoms with Gasteiger partial charge in [0.15, 0.2) is 0 Å². The number of H-pyrrole nitrogens is 1. The van der Waals surface area contributed by atoms with E-state index in [1.165, 1.54) is 10.8 Å². The predicted octanol–water partition coefficient (Wildman–Crippen LogP) is 3.49. The van der Waals surface area contributed by atoms with E-state index >= 15 is 0 Å². The Balaban J connectivity index is 1.57. The highest BCUT2D eigenvalue weighted by Crippen LogP contribution is 2.40. The number of benzene rings is 2. The minimum atomic E-state index is -0.961. The smallest absolute Gasteiger partial charge is 0.330 e. The number of aromatic amines is 1. The molecule has 0 radical (unpaired) electrons. The van der Waals surface area contributed by atoms with Gasteiger partial charge in [-0.15, -0.1) is 6.58 Å². The SMILES string of the molecule is C=C[C@]1(COCc2ccccc2)O[C@@H](n2cc(C)c(=O)[nH]c2=O)C[C@@H]1OCc1ccccc1. The molecule has 0 saturated carbocycles. The Morgan fingerprint density at radius 1 is 1.09 bits per heavy atom. The molecule has 0 spiro atoms. The van der Waals surface area contributed by atoms with Crippen molar-refractivity contribution in [1.29, 1.82) is 0 Å². The summed E-state index contributed by atoms with van der Waals surface area (Å²) < 4.78 is 20.1. The number of nitrogens with zero attached hydrogens (tertiary/aromatic N) is 1. The molecule has 1 aromatic heterocycles. The van der Waals surface area contributed by atoms with E-state index in [0.29, 0.717) is 25.2 Å². The zero-order valence-corrected chi connectivity index (χ0v) is 18.6. The van der Waals surface area contributed by atoms with Crippen LogP contribution in [0.25, 0.3) is 0 Å². The second-order valence-corrected chi connectivity index (χ2v) is 8.21. The molecule has 1 saturated heterocycles. The molecular weight excluding hydrogens is 420 g/mol. The first-order valence-electron chi connectivity index (χ1n) is 10.9. The van der Waals surface area contributed by atoms with Crippen molar-refractivity contribution in [3.8, 4) is 0 Å². The van der Waals surface area contributed by atoms with Gasteiger partial charge in [0.25, 0.3) is 5.56 Å². The summed E-state index contributed by atoms with van der Waals surface area (Å²) in [4.78, 5) is 26.7. The Morgan fingerprint density at radius 3 is 2.36 bits per heavy atom. The molecule has 1 aliphatic heterocycles. The largest absolute Gasteiger partial charge is 0.373 e. The lowest BCUT2D eigenvalue weighted by Gasteiger charge is -2.31. The molecule has 3 atom stereocenters. The molecular formula is C26H28N2O5. The monoisotopic (exact) mass is 448 g/mol. The predicted molar refractivity (Wildman–Crippen MR) is 125 cm³/mol. The third-order valence-corrected chi connectivity index (χ3v) is 5.85. The van der Waals surface area contributed by atoms with Crippen LogP contribution in [0.2, 0.25) is 0 Å². The van der Waals surface area contributed by atoms with Crippen LogP contribution < -0.4 is 11.2 Å². The molecule has 0 amide bonds. The van der Waals surface area contributed by atoms with Gasteiger partial charge in [0.05, 0.1) is 25.9 Å². The molecule has 1 aliphatic rings. The lowest BCUT2D eigenvalue weighted by Crippen LogP contribution is -2.43. The summed E-state index contributed by atoms with van der Waals surface area (Å²) in [5.74, 6) is 0. The molecule has 33 heavy (non-hydrogen) atoms. The van der Waals surface area contributed by atoms with Gasteiger partial charge in [-0.05, 0) is 18.1 Å². The zero-order chi connectivity index (χ0) is 23.3. The van der Waals surface area contributed by atoms with Crippen LogP contribution in [0.5, 0.6) is 0 Å². The van der Waals surface area contributed by atoms with E-state index in [9.17, 15) is 9.59 Å². The van der Waals surface area contributed by atoms with Crippen molar-refractivity contribution in [2.24, 2.45) is 0 Å². The van der Waals surface area contributed by atoms with Crippen molar-refractivity contribution in [2.45, 2.75) is 44.5 Å². The van der Waals surface area contributed by atoms with Gasteiger partial charge in [-0.1, -0.05) is 66.7 Å². The summed E-state index contributed by atoms with van der Waals surface area (Å²) in [5.41, 5.74) is 0.602. The van der Waals surface area contributed by atoms with Crippen molar-refractivity contribution in [1.82, 2.24) is 9.55 Å². The number of hydrogen-bond donors (Lipinski definition) is 1. The molecule has 7 nitrogen and oxygen atoms in total. The molecule has 7 heteroatoms. The van der Waals surface area contributed by atoms with Crippen LogP contribution in [0.15, 0.2) is 89.1 Å². The first kappa shape index (κ1) is 22.9. The maximum absolute atomic E-state index is 12.5. The molecule has 0 unspecified atom stereocenters. The second-order valence-electron chi connectivity index (χ2n) is 8.21. The van der Waals surface area contributed by atoms with E-state index in [0.717, 1.165) is 11.1 Å². The fourth-order valence-electron chi connectivity index (χ4n) is 3.98. The molecule has 3 aromatic rings. The van der Waals surface area contributed by atoms with Gasteiger partial charge in [0.1, 0.15) is 11.8 Å². The fourth-order valence-corrected chi connectivity index (χ4v) is 3.98. The second kappa shape index (κ2) is 10.1. The summed E-state index contributed by atoms with van der Waals surface area (Å²) in [7, 11) is 0. The lowest BCUT2D eigenvalue weighted by atomic mass is 9.97. The highest BCUT2D eigenvalue weighted by Gasteiger charge is 2.49. The van der Waals surface area contributed by atoms with Crippen molar-refractivity contribution in [2.75, 3.05) is 6.61 Å². The Bertz CT molecular complexity index is 1190. The Kier molecular flexibility index (Phi) is 7.03. The van der Waals surface area contributed by atoms with E-state index in [1.54, 1.807) is 13.0 Å². The number of rotatable bonds is 9. The minimum Gasteiger partial charge on any atom is -0.373 e. The Morgan fingerprint density at radius 2 is 1.73 bits per heavy atom. The van der Waals surface area contributed by atoms with Crippen LogP contribution >= 0.6 is 0 Å². The molecule has 0 aliphatic carbocycles. The van der Waals surface area contributed by atoms with Gasteiger partial charge in [0, 0.05) is 18.2 Å². The molecule has 2 heterocycles. The Labute approximate surface area is 192 Å². The summed E-state index contributed by atoms with van der Waals surface area (Å²) in [5, 5.41) is 0. The number of aromatic nitrogens is 2. The van der Waals surface area contributed by atoms with Crippen LogP contribution in [0, 0.1) is 6.92 Å². The van der Waals surface area contributed by atoms with Crippen LogP contribution in [0.4, 0.5) is 0 Å². The molecule has 172 valence electrons. The van der Waals surface area contributed by atoms with E-state index < -0.39 is 29.2 Å². The van der Waals surface area contributed by atoms with Crippen LogP contribution in [-0.2, 0) is 27.4 Å². The summed E-state index contributed by atoms with van der Waals surface area (Å²) in [6, 6.07) is 19.7. The molecule has 1 fully saturated rings. The first-order valence-corrected chi connectivity index (χ1v) is 10.9. The molecule has 1 N–H and O–H groups in total. The lowest BCUT2D eigenvalue weighted by molar-refractivity contribution is -0.129. The van der Waals surface area contributed by atoms with E-state index in [2.05, 4.69) is 11.6 Å². The van der Waals surface area contributed by atoms with Gasteiger partial charge >= 0.3 is 5.69 Å². The normalized spacial score (nSPS) is 22.3. The van der Waals surface area contributed by atoms with Gasteiger partial charge in [-0.25, -0.2) is 4.79 Å². The highest BCUT2D eigenvalue weighted by molar-refractivity contribution is 5.16. The number of ether oxygens (including phenoxy) is 3. The first-order chi connectivity index (χ1) is 16.0. The Hall–Kier alpha value is -3.26. The molecule has 4 rings (SSSR count). The van der Waals surface area contributed by atoms with E-state index in [-0.39, 0.29) is 6.61 Å². The van der Waals surface area contributed by atoms with Gasteiger partial charge in [-0.3, -0.25) is 14.3 Å². The maximum atomic E-state index is 12.5. The fraction of sp³-hybridized carbons (Fsp3) is 0.308. The van der Waals surface area contributed by atoms with E-state index in [1.807, 2.05) is 60.7 Å². The van der Waals surface area contributed by atoms with Gasteiger partial charge < -0.3 is 14.2 Å². The number of nitrogens with one attached hydrogen (secondary N) is 1. The average Bonchev–Trinajstić information content (AvgIpc) is 3.20. The van der Waals surface area contributed by atoms with Crippen LogP contribution in [0.3, 0.4) is 0 Å². The van der Waals surface area contributed by atoms with Crippen molar-refractivity contribution < 1.29 is 14.2 Å². The van der Waals surface area contributed by atoms with E-state index in [4.69, 9.17) is 14.2 Å². The summed E-state index contributed by atoms with van der Waals surface area (Å²) >= 11 is 0. The summed E-state index contributed by atoms with van der Waals surface area (Å²) in [6.45, 7) is 6.65. The number of hydrogen-bond acceptors (Lipinski definition) is 5.